The van der Waals surface area contributed by atoms with Gasteiger partial charge in [0.05, 0.1) is 0 Å². The number of alkyl halides is 1. The van der Waals surface area contributed by atoms with Crippen LogP contribution in [0, 0.1) is 17.8 Å². The number of hydrogen-bond donors (Lipinski definition) is 0. The van der Waals surface area contributed by atoms with E-state index in [0.717, 1.165) is 18.8 Å². The Labute approximate surface area is 61.8 Å². The minimum Gasteiger partial charge on any atom is -0.279 e. The van der Waals surface area contributed by atoms with Gasteiger partial charge >= 0.3 is 0 Å². The summed E-state index contributed by atoms with van der Waals surface area (Å²) < 4.78 is 13.7. The summed E-state index contributed by atoms with van der Waals surface area (Å²) in [4.78, 5) is 0. The molecule has 0 aromatic heterocycles. The van der Waals surface area contributed by atoms with Crippen LogP contribution < -0.4 is 0 Å². The first-order chi connectivity index (χ1) is 4.62. The third-order valence-electron chi connectivity index (χ3n) is 3.58. The second-order valence-electron chi connectivity index (χ2n) is 3.97. The van der Waals surface area contributed by atoms with Gasteiger partial charge in [0.1, 0.15) is 0 Å². The van der Waals surface area contributed by atoms with E-state index in [2.05, 4.69) is 0 Å². The summed E-state index contributed by atoms with van der Waals surface area (Å²) in [7, 11) is 0. The fourth-order valence-corrected chi connectivity index (χ4v) is 2.59. The molecule has 2 aliphatic carbocycles. The smallest absolute Gasteiger partial charge is 0 e. The number of halogens is 1. The molecule has 12 heavy (non-hydrogen) atoms. The first-order valence-electron chi connectivity index (χ1n) is 4.15. The Bertz CT molecular complexity index is 155. The summed E-state index contributed by atoms with van der Waals surface area (Å²) in [6, 6.07) is 0. The van der Waals surface area contributed by atoms with Crippen molar-refractivity contribution in [1.29, 1.82) is 0 Å². The van der Waals surface area contributed by atoms with E-state index in [0.29, 0.717) is 11.8 Å². The second kappa shape index (κ2) is 2.21. The Hall–Kier alpha value is -2.07. The second-order valence-corrected chi connectivity index (χ2v) is 3.97. The van der Waals surface area contributed by atoms with Crippen LogP contribution in [-0.2, 0) is 0 Å². The van der Waals surface area contributed by atoms with Gasteiger partial charge in [-0.05, 0) is 11.6 Å². The van der Waals surface area contributed by atoms with Crippen molar-refractivity contribution in [1.82, 2.24) is 0 Å². The van der Waals surface area contributed by atoms with Gasteiger partial charge < -0.3 is 0 Å². The van der Waals surface area contributed by atoms with Gasteiger partial charge in [0.25, 0.3) is 0 Å². The van der Waals surface area contributed by atoms with Gasteiger partial charge in [-0.2, -0.15) is 12.8 Å². The van der Waals surface area contributed by atoms with Crippen LogP contribution in [0.2, 0.25) is 0 Å². The number of fused-ring (bicyclic) bond motifs is 2. The average molecular weight is 675 g/mol. The van der Waals surface area contributed by atoms with E-state index in [-0.39, 0.29) is 0 Å². The minimum absolute atomic E-state index is 0. The molecule has 0 spiro atoms. The zero-order valence-electron chi connectivity index (χ0n) is 8.07. The van der Waals surface area contributed by atoms with Crippen LogP contribution in [0.25, 0.3) is 0 Å². The van der Waals surface area contributed by atoms with Crippen LogP contribution in [-0.4, -0.2) is 5.67 Å². The molecule has 3 atom stereocenters. The Morgan fingerprint density at radius 1 is 1.33 bits per heavy atom. The largest absolute Gasteiger partial charge is 0.279 e. The van der Waals surface area contributed by atoms with Crippen LogP contribution >= 0.6 is 0 Å². The summed E-state index contributed by atoms with van der Waals surface area (Å²) in [5.41, 5.74) is -0.914. The molecule has 0 heterocycles. The van der Waals surface area contributed by atoms with Gasteiger partial charge in [-0.25, -0.2) is 0 Å². The van der Waals surface area contributed by atoms with E-state index < -0.39 is 5.67 Å². The van der Waals surface area contributed by atoms with E-state index >= 15 is 0 Å². The van der Waals surface area contributed by atoms with Gasteiger partial charge in [-0.1, -0.05) is 26.2 Å². The molecule has 0 radical (unpaired) electrons. The van der Waals surface area contributed by atoms with Crippen LogP contribution in [0.4, 0.5) is 4.39 Å². The Kier molecular flexibility index (Phi) is 1.83. The molecule has 2 aliphatic rings. The number of rotatable bonds is 0. The molecule has 62 valence electrons. The summed E-state index contributed by atoms with van der Waals surface area (Å²) in [5.74, 6) is 2.10. The zero-order valence-corrected chi connectivity index (χ0v) is 20.9. The van der Waals surface area contributed by atoms with E-state index in [1.54, 1.807) is 6.92 Å². The molecular weight excluding hydrogens is 661 g/mol. The Morgan fingerprint density at radius 3 is 2.17 bits per heavy atom. The maximum atomic E-state index is 13.7. The molecule has 0 saturated heterocycles. The van der Waals surface area contributed by atoms with Crippen molar-refractivity contribution in [3.05, 3.63) is 5.92 Å². The van der Waals surface area contributed by atoms with Gasteiger partial charge in [-0.15, -0.1) is 0 Å². The molecule has 0 N–H and O–H groups in total. The van der Waals surface area contributed by atoms with Gasteiger partial charge in [0.2, 0.25) is 0 Å². The predicted molar refractivity (Wildman–Crippen MR) is 39.3 cm³/mol. The molecule has 0 aromatic rings. The Morgan fingerprint density at radius 2 is 1.92 bits per heavy atom. The standard InChI is InChI=1S/C9H14F.2Rf/c1-6-7-3-4-8(5-7)9(6,2)10;;/h7-8H,3-5H2,1-2H3;;/q-1;;. The van der Waals surface area contributed by atoms with Crippen molar-refractivity contribution >= 4 is 0 Å². The molecule has 0 aromatic carbocycles. The van der Waals surface area contributed by atoms with Crippen LogP contribution in [0.15, 0.2) is 0 Å². The third kappa shape index (κ3) is 0.724. The van der Waals surface area contributed by atoms with Crippen molar-refractivity contribution < 1.29 is 4.39 Å². The molecule has 3 heteroatoms. The fraction of sp³-hybridized carbons (Fsp3) is 0.889. The average Bonchev–Trinajstić information content (AvgIpc) is 2.37. The van der Waals surface area contributed by atoms with E-state index in [4.69, 9.17) is 0 Å². The summed E-state index contributed by atoms with van der Waals surface area (Å²) in [5, 5.41) is 0. The molecule has 2 fully saturated rings. The molecule has 0 aliphatic heterocycles. The van der Waals surface area contributed by atoms with E-state index in [1.165, 1.54) is 6.42 Å². The van der Waals surface area contributed by atoms with Crippen molar-refractivity contribution in [2.24, 2.45) is 11.8 Å². The molecule has 0 nitrogen and oxygen atoms in total. The summed E-state index contributed by atoms with van der Waals surface area (Å²) in [6.07, 6.45) is 3.49. The SMILES string of the molecule is C[C-]1C2CCC(C2)C1(C)F.[Rf].[Rf]. The molecular formula is C9H14FRf2-. The Balaban J connectivity index is 0.000000605. The topological polar surface area (TPSA) is 0 Å². The molecule has 2 saturated carbocycles. The van der Waals surface area contributed by atoms with Crippen LogP contribution in [0.3, 0.4) is 0 Å². The summed E-state index contributed by atoms with van der Waals surface area (Å²) in [6.45, 7) is 3.75. The molecule has 2 rings (SSSR count). The van der Waals surface area contributed by atoms with Gasteiger partial charge in [0, 0.05) is 0 Å². The van der Waals surface area contributed by atoms with Crippen molar-refractivity contribution in [3.8, 4) is 0 Å². The quantitative estimate of drug-likeness (QED) is 0.347. The summed E-state index contributed by atoms with van der Waals surface area (Å²) >= 11 is 0. The van der Waals surface area contributed by atoms with Crippen molar-refractivity contribution in [2.75, 3.05) is 0 Å². The molecule has 2 bridgehead atoms. The predicted octanol–water partition coefficient (Wildman–Crippen LogP) is 2.74. The number of hydrogen-bond acceptors (Lipinski definition) is 0. The van der Waals surface area contributed by atoms with E-state index in [9.17, 15) is 4.39 Å². The molecule has 0 amide bonds. The van der Waals surface area contributed by atoms with Crippen LogP contribution in [0.1, 0.15) is 33.1 Å². The monoisotopic (exact) mass is 675 g/mol. The van der Waals surface area contributed by atoms with Crippen LogP contribution in [0.5, 0.6) is 0 Å². The maximum absolute atomic E-state index is 13.7. The normalized spacial score (nSPS) is 45.2. The minimum atomic E-state index is -0.914. The zero-order chi connectivity index (χ0) is 7.35. The first kappa shape index (κ1) is 9.93. The molecule has 3 unspecified atom stereocenters. The van der Waals surface area contributed by atoms with Crippen molar-refractivity contribution in [2.45, 2.75) is 38.8 Å². The third-order valence-corrected chi connectivity index (χ3v) is 3.58. The van der Waals surface area contributed by atoms with E-state index in [1.807, 2.05) is 6.92 Å². The van der Waals surface area contributed by atoms with Gasteiger partial charge in [-0.3, -0.25) is 10.3 Å². The van der Waals surface area contributed by atoms with Crippen molar-refractivity contribution in [3.63, 3.8) is 0 Å². The van der Waals surface area contributed by atoms with Gasteiger partial charge in [0.15, 0.2) is 0 Å². The fourth-order valence-electron chi connectivity index (χ4n) is 2.59. The maximum Gasteiger partial charge on any atom is 0 e. The first-order valence-corrected chi connectivity index (χ1v) is 4.15.